The maximum absolute atomic E-state index is 11.8. The van der Waals surface area contributed by atoms with Crippen molar-refractivity contribution in [1.29, 1.82) is 0 Å². The highest BCUT2D eigenvalue weighted by Crippen LogP contribution is 2.11. The van der Waals surface area contributed by atoms with E-state index in [0.29, 0.717) is 5.33 Å². The van der Waals surface area contributed by atoms with E-state index in [9.17, 15) is 14.9 Å². The van der Waals surface area contributed by atoms with Gasteiger partial charge < -0.3 is 15.4 Å². The summed E-state index contributed by atoms with van der Waals surface area (Å²) in [7, 11) is 0. The minimum atomic E-state index is -0.568. The van der Waals surface area contributed by atoms with Gasteiger partial charge in [-0.1, -0.05) is 29.8 Å². The number of nitrogens with zero attached hydrogens (tertiary/aromatic N) is 1. The molecule has 7 heteroatoms. The fourth-order valence-corrected chi connectivity index (χ4v) is 2.16. The van der Waals surface area contributed by atoms with E-state index in [0.717, 1.165) is 0 Å². The second kappa shape index (κ2) is 5.81. The van der Waals surface area contributed by atoms with E-state index in [1.165, 1.54) is 12.1 Å². The van der Waals surface area contributed by atoms with Gasteiger partial charge in [-0.3, -0.25) is 4.79 Å². The van der Waals surface area contributed by atoms with Gasteiger partial charge in [0.2, 0.25) is 0 Å². The summed E-state index contributed by atoms with van der Waals surface area (Å²) in [6.45, 7) is 3.98. The number of hydrogen-bond acceptors (Lipinski definition) is 3. The lowest BCUT2D eigenvalue weighted by Gasteiger charge is -2.18. The van der Waals surface area contributed by atoms with Gasteiger partial charge in [0.05, 0.1) is 0 Å². The number of carbonyl (C=O) groups is 1. The van der Waals surface area contributed by atoms with Crippen LogP contribution in [0.15, 0.2) is 12.1 Å². The van der Waals surface area contributed by atoms with Crippen molar-refractivity contribution in [2.75, 3.05) is 5.33 Å². The maximum atomic E-state index is 11.8. The lowest BCUT2D eigenvalue weighted by atomic mass is 10.1. The molecule has 0 aliphatic carbocycles. The van der Waals surface area contributed by atoms with Gasteiger partial charge in [0, 0.05) is 17.4 Å². The lowest BCUT2D eigenvalue weighted by Crippen LogP contribution is -2.39. The van der Waals surface area contributed by atoms with Crippen molar-refractivity contribution in [3.63, 3.8) is 0 Å². The molecule has 1 rings (SSSR count). The van der Waals surface area contributed by atoms with Crippen LogP contribution in [0, 0.1) is 16.0 Å². The zero-order chi connectivity index (χ0) is 13.0. The highest BCUT2D eigenvalue weighted by atomic mass is 79.9. The van der Waals surface area contributed by atoms with Gasteiger partial charge in [-0.2, -0.15) is 0 Å². The van der Waals surface area contributed by atoms with Gasteiger partial charge in [-0.05, 0) is 16.9 Å². The van der Waals surface area contributed by atoms with E-state index in [1.54, 1.807) is 0 Å². The molecule has 1 aromatic rings. The van der Waals surface area contributed by atoms with E-state index < -0.39 is 4.92 Å². The Morgan fingerprint density at radius 1 is 1.59 bits per heavy atom. The third-order valence-corrected chi connectivity index (χ3v) is 3.10. The van der Waals surface area contributed by atoms with Gasteiger partial charge in [0.15, 0.2) is 5.69 Å². The Balaban J connectivity index is 2.72. The van der Waals surface area contributed by atoms with E-state index in [2.05, 4.69) is 26.2 Å². The van der Waals surface area contributed by atoms with E-state index in [1.807, 2.05) is 13.8 Å². The monoisotopic (exact) mass is 303 g/mol. The fraction of sp³-hybridized carbons (Fsp3) is 0.500. The number of halogens is 1. The fourth-order valence-electron chi connectivity index (χ4n) is 1.25. The number of H-pyrrole nitrogens is 1. The van der Waals surface area contributed by atoms with Gasteiger partial charge in [-0.25, -0.2) is 4.98 Å². The molecule has 1 unspecified atom stereocenters. The van der Waals surface area contributed by atoms with Crippen LogP contribution in [0.1, 0.15) is 24.3 Å². The van der Waals surface area contributed by atoms with Crippen LogP contribution in [-0.2, 0) is 0 Å². The number of nitro groups is 1. The predicted molar refractivity (Wildman–Crippen MR) is 67.3 cm³/mol. The molecule has 0 aliphatic rings. The number of amides is 1. The second-order valence-corrected chi connectivity index (χ2v) is 4.64. The molecule has 2 N–H and O–H groups in total. The predicted octanol–water partition coefficient (Wildman–Crippen LogP) is 2.07. The van der Waals surface area contributed by atoms with Gasteiger partial charge in [0.25, 0.3) is 5.91 Å². The van der Waals surface area contributed by atoms with Crippen molar-refractivity contribution in [1.82, 2.24) is 10.3 Å². The first kappa shape index (κ1) is 13.7. The lowest BCUT2D eigenvalue weighted by molar-refractivity contribution is -0.389. The zero-order valence-corrected chi connectivity index (χ0v) is 11.2. The summed E-state index contributed by atoms with van der Waals surface area (Å²) in [5, 5.41) is 13.9. The molecule has 0 saturated heterocycles. The molecule has 94 valence electrons. The summed E-state index contributed by atoms with van der Waals surface area (Å²) >= 11 is 3.31. The second-order valence-electron chi connectivity index (χ2n) is 3.99. The molecule has 1 amide bonds. The Hall–Kier alpha value is -1.37. The number of nitrogens with one attached hydrogen (secondary N) is 2. The summed E-state index contributed by atoms with van der Waals surface area (Å²) in [6, 6.07) is 2.66. The van der Waals surface area contributed by atoms with Crippen molar-refractivity contribution >= 4 is 27.7 Å². The molecular formula is C10H14BrN3O3. The first-order valence-corrected chi connectivity index (χ1v) is 6.28. The van der Waals surface area contributed by atoms with Crippen LogP contribution in [0.2, 0.25) is 0 Å². The quantitative estimate of drug-likeness (QED) is 0.496. The number of carbonyl (C=O) groups excluding carboxylic acids is 1. The molecule has 0 aliphatic heterocycles. The highest BCUT2D eigenvalue weighted by molar-refractivity contribution is 9.09. The van der Waals surface area contributed by atoms with Crippen molar-refractivity contribution in [2.45, 2.75) is 19.9 Å². The van der Waals surface area contributed by atoms with Crippen LogP contribution in [0.3, 0.4) is 0 Å². The molecule has 1 heterocycles. The largest absolute Gasteiger partial charge is 0.358 e. The van der Waals surface area contributed by atoms with Crippen LogP contribution in [-0.4, -0.2) is 27.2 Å². The molecule has 0 spiro atoms. The smallest absolute Gasteiger partial charge is 0.321 e. The zero-order valence-electron chi connectivity index (χ0n) is 9.57. The van der Waals surface area contributed by atoms with Crippen LogP contribution < -0.4 is 5.32 Å². The highest BCUT2D eigenvalue weighted by Gasteiger charge is 2.20. The van der Waals surface area contributed by atoms with Crippen LogP contribution in [0.25, 0.3) is 0 Å². The van der Waals surface area contributed by atoms with Crippen molar-refractivity contribution in [2.24, 2.45) is 5.92 Å². The molecule has 0 fully saturated rings. The maximum Gasteiger partial charge on any atom is 0.321 e. The van der Waals surface area contributed by atoms with Crippen molar-refractivity contribution in [3.05, 3.63) is 27.9 Å². The summed E-state index contributed by atoms with van der Waals surface area (Å²) in [5.74, 6) is -0.241. The average Bonchev–Trinajstić information content (AvgIpc) is 2.74. The van der Waals surface area contributed by atoms with Crippen molar-refractivity contribution < 1.29 is 9.72 Å². The third kappa shape index (κ3) is 3.55. The Morgan fingerprint density at radius 3 is 2.65 bits per heavy atom. The minimum absolute atomic E-state index is 0.00939. The molecule has 1 aromatic heterocycles. The van der Waals surface area contributed by atoms with E-state index >= 15 is 0 Å². The molecule has 0 bridgehead atoms. The molecular weight excluding hydrogens is 290 g/mol. The Bertz CT molecular complexity index is 417. The Labute approximate surface area is 107 Å². The Morgan fingerprint density at radius 2 is 2.24 bits per heavy atom. The third-order valence-electron chi connectivity index (χ3n) is 2.40. The molecule has 17 heavy (non-hydrogen) atoms. The number of rotatable bonds is 5. The molecule has 0 saturated carbocycles. The normalized spacial score (nSPS) is 12.5. The van der Waals surface area contributed by atoms with E-state index in [4.69, 9.17) is 0 Å². The van der Waals surface area contributed by atoms with Gasteiger partial charge in [0.1, 0.15) is 0 Å². The topological polar surface area (TPSA) is 88.0 Å². The molecule has 0 aromatic carbocycles. The average molecular weight is 304 g/mol. The SMILES string of the molecule is CC(C)C(CBr)NC(=O)c1ccc([N+](=O)[O-])[nH]1. The minimum Gasteiger partial charge on any atom is -0.358 e. The van der Waals surface area contributed by atoms with Crippen LogP contribution in [0.5, 0.6) is 0 Å². The number of aromatic amines is 1. The number of aromatic nitrogens is 1. The molecule has 0 radical (unpaired) electrons. The number of hydrogen-bond donors (Lipinski definition) is 2. The summed E-state index contributed by atoms with van der Waals surface area (Å²) in [5.41, 5.74) is 0.198. The van der Waals surface area contributed by atoms with Crippen LogP contribution in [0.4, 0.5) is 5.82 Å². The first-order valence-electron chi connectivity index (χ1n) is 5.16. The summed E-state index contributed by atoms with van der Waals surface area (Å²) in [6.07, 6.45) is 0. The summed E-state index contributed by atoms with van der Waals surface area (Å²) in [4.78, 5) is 24.1. The summed E-state index contributed by atoms with van der Waals surface area (Å²) < 4.78 is 0. The Kier molecular flexibility index (Phi) is 4.68. The molecule has 1 atom stereocenters. The van der Waals surface area contributed by atoms with Gasteiger partial charge >= 0.3 is 5.82 Å². The standard InChI is InChI=1S/C10H14BrN3O3/c1-6(2)8(5-11)13-10(15)7-3-4-9(12-7)14(16)17/h3-4,6,8,12H,5H2,1-2H3,(H,13,15). The van der Waals surface area contributed by atoms with Crippen LogP contribution >= 0.6 is 15.9 Å². The van der Waals surface area contributed by atoms with E-state index in [-0.39, 0.29) is 29.4 Å². The van der Waals surface area contributed by atoms with Gasteiger partial charge in [-0.15, -0.1) is 0 Å². The molecule has 6 nitrogen and oxygen atoms in total. The van der Waals surface area contributed by atoms with Crippen molar-refractivity contribution in [3.8, 4) is 0 Å². The number of alkyl halides is 1. The first-order chi connectivity index (χ1) is 7.95.